The summed E-state index contributed by atoms with van der Waals surface area (Å²) < 4.78 is 19.2. The molecule has 0 spiro atoms. The molecule has 126 valence electrons. The second kappa shape index (κ2) is 9.75. The monoisotopic (exact) mass is 336 g/mol. The minimum absolute atomic E-state index is 0.325. The molecule has 1 aliphatic heterocycles. The van der Waals surface area contributed by atoms with Gasteiger partial charge < -0.3 is 14.2 Å². The van der Waals surface area contributed by atoms with Gasteiger partial charge in [0.25, 0.3) is 0 Å². The Morgan fingerprint density at radius 1 is 1.26 bits per heavy atom. The van der Waals surface area contributed by atoms with Crippen molar-refractivity contribution in [3.8, 4) is 5.75 Å². The molecule has 0 N–H and O–H groups in total. The lowest BCUT2D eigenvalue weighted by atomic mass is 10.1. The van der Waals surface area contributed by atoms with Crippen molar-refractivity contribution in [2.24, 2.45) is 0 Å². The fourth-order valence-corrected chi connectivity index (χ4v) is 3.31. The molecular formula is C18H26NO3S+. The summed E-state index contributed by atoms with van der Waals surface area (Å²) in [5, 5.41) is 0. The number of ether oxygens (including phenoxy) is 3. The van der Waals surface area contributed by atoms with Crippen molar-refractivity contribution in [1.82, 2.24) is 0 Å². The fraction of sp³-hybridized carbons (Fsp3) is 0.500. The lowest BCUT2D eigenvalue weighted by Gasteiger charge is -2.18. The van der Waals surface area contributed by atoms with Crippen molar-refractivity contribution < 1.29 is 18.8 Å². The molecule has 0 saturated carbocycles. The van der Waals surface area contributed by atoms with E-state index in [0.29, 0.717) is 25.9 Å². The molecule has 0 bridgehead atoms. The van der Waals surface area contributed by atoms with Crippen LogP contribution in [0.25, 0.3) is 6.08 Å². The van der Waals surface area contributed by atoms with Crippen LogP contribution in [0.3, 0.4) is 0 Å². The minimum atomic E-state index is -0.325. The van der Waals surface area contributed by atoms with Crippen LogP contribution < -0.4 is 4.74 Å². The number of likely N-dealkylation sites (N-methyl/N-ethyl adjacent to an activating group) is 1. The van der Waals surface area contributed by atoms with Crippen LogP contribution in [0, 0.1) is 0 Å². The summed E-state index contributed by atoms with van der Waals surface area (Å²) in [6, 6.07) is 8.48. The summed E-state index contributed by atoms with van der Waals surface area (Å²) in [6.07, 6.45) is 4.03. The third-order valence-electron chi connectivity index (χ3n) is 3.53. The maximum atomic E-state index is 5.92. The van der Waals surface area contributed by atoms with Crippen LogP contribution in [0.4, 0.5) is 0 Å². The van der Waals surface area contributed by atoms with Gasteiger partial charge in [0.05, 0.1) is 5.75 Å². The zero-order valence-corrected chi connectivity index (χ0v) is 14.9. The lowest BCUT2D eigenvalue weighted by molar-refractivity contribution is -0.509. The first-order valence-electron chi connectivity index (χ1n) is 8.04. The fourth-order valence-electron chi connectivity index (χ4n) is 2.28. The smallest absolute Gasteiger partial charge is 0.198 e. The summed E-state index contributed by atoms with van der Waals surface area (Å²) in [6.45, 7) is 5.51. The van der Waals surface area contributed by atoms with Gasteiger partial charge in [0.1, 0.15) is 19.4 Å². The third kappa shape index (κ3) is 5.68. The van der Waals surface area contributed by atoms with Crippen LogP contribution in [0.15, 0.2) is 30.3 Å². The Morgan fingerprint density at radius 2 is 2.00 bits per heavy atom. The largest absolute Gasteiger partial charge is 0.488 e. The van der Waals surface area contributed by atoms with E-state index in [9.17, 15) is 0 Å². The van der Waals surface area contributed by atoms with Crippen molar-refractivity contribution in [1.29, 1.82) is 0 Å². The molecule has 0 fully saturated rings. The molecular weight excluding hydrogens is 310 g/mol. The van der Waals surface area contributed by atoms with Gasteiger partial charge in [0, 0.05) is 18.8 Å². The Labute approximate surface area is 143 Å². The molecule has 0 radical (unpaired) electrons. The first-order valence-corrected chi connectivity index (χ1v) is 9.09. The molecule has 1 heterocycles. The number of thioether (sulfide) groups is 1. The van der Waals surface area contributed by atoms with Crippen molar-refractivity contribution in [2.45, 2.75) is 26.2 Å². The Bertz CT molecular complexity index is 539. The normalized spacial score (nSPS) is 17.9. The average Bonchev–Trinajstić information content (AvgIpc) is 2.97. The minimum Gasteiger partial charge on any atom is -0.488 e. The van der Waals surface area contributed by atoms with Gasteiger partial charge in [-0.1, -0.05) is 30.0 Å². The van der Waals surface area contributed by atoms with Gasteiger partial charge in [-0.2, -0.15) is 0 Å². The van der Waals surface area contributed by atoms with E-state index in [1.807, 2.05) is 43.8 Å². The van der Waals surface area contributed by atoms with Crippen LogP contribution >= 0.6 is 11.8 Å². The van der Waals surface area contributed by atoms with E-state index in [2.05, 4.69) is 35.4 Å². The van der Waals surface area contributed by atoms with Crippen LogP contribution in [0.2, 0.25) is 0 Å². The molecule has 1 aromatic carbocycles. The number of hydrogen-bond acceptors (Lipinski definition) is 4. The number of para-hydroxylation sites is 1. The zero-order valence-electron chi connectivity index (χ0n) is 14.1. The lowest BCUT2D eigenvalue weighted by Crippen LogP contribution is -2.25. The molecule has 1 atom stereocenters. The van der Waals surface area contributed by atoms with Crippen molar-refractivity contribution in [3.63, 3.8) is 0 Å². The van der Waals surface area contributed by atoms with Crippen LogP contribution in [0.1, 0.15) is 19.4 Å². The summed E-state index contributed by atoms with van der Waals surface area (Å²) in [4.78, 5) is 0. The highest BCUT2D eigenvalue weighted by Gasteiger charge is 2.19. The summed E-state index contributed by atoms with van der Waals surface area (Å²) in [5.41, 5.74) is 3.23. The van der Waals surface area contributed by atoms with E-state index in [1.165, 1.54) is 0 Å². The Balaban J connectivity index is 1.99. The van der Waals surface area contributed by atoms with E-state index in [0.717, 1.165) is 17.1 Å². The number of nitrogens with zero attached hydrogens (tertiary/aromatic N) is 1. The molecule has 1 unspecified atom stereocenters. The number of hydrogen-bond donors (Lipinski definition) is 0. The molecule has 2 rings (SSSR count). The van der Waals surface area contributed by atoms with Gasteiger partial charge in [-0.05, 0) is 32.1 Å². The van der Waals surface area contributed by atoms with Crippen molar-refractivity contribution in [2.75, 3.05) is 32.6 Å². The molecule has 23 heavy (non-hydrogen) atoms. The first kappa shape index (κ1) is 18.0. The topological polar surface area (TPSA) is 30.7 Å². The van der Waals surface area contributed by atoms with Crippen LogP contribution in [0.5, 0.6) is 5.75 Å². The summed E-state index contributed by atoms with van der Waals surface area (Å²) in [7, 11) is 2.10. The highest BCUT2D eigenvalue weighted by molar-refractivity contribution is 8.12. The number of rotatable bonds is 9. The maximum Gasteiger partial charge on any atom is 0.198 e. The summed E-state index contributed by atoms with van der Waals surface area (Å²) >= 11 is 1.84. The molecule has 4 nitrogen and oxygen atoms in total. The van der Waals surface area contributed by atoms with Crippen LogP contribution in [-0.2, 0) is 9.47 Å². The standard InChI is InChI=1S/C18H26NO3S/c1-4-20-18(21-5-2)12-22-17-9-7-6-8-15(17)10-11-16-13-23-14-19(16)3/h6-11,14,16,18H,4-5,12-13H2,1-3H3/q+1/b11-10-. The molecule has 0 saturated heterocycles. The number of benzene rings is 1. The Kier molecular flexibility index (Phi) is 7.65. The van der Waals surface area contributed by atoms with E-state index in [-0.39, 0.29) is 6.29 Å². The molecule has 0 aromatic heterocycles. The third-order valence-corrected chi connectivity index (χ3v) is 4.54. The van der Waals surface area contributed by atoms with Crippen molar-refractivity contribution in [3.05, 3.63) is 35.9 Å². The molecule has 5 heteroatoms. The predicted octanol–water partition coefficient (Wildman–Crippen LogP) is 3.26. The molecule has 0 amide bonds. The van der Waals surface area contributed by atoms with Gasteiger partial charge in [-0.3, -0.25) is 0 Å². The molecule has 0 aliphatic carbocycles. The van der Waals surface area contributed by atoms with E-state index in [1.54, 1.807) is 0 Å². The van der Waals surface area contributed by atoms with Gasteiger partial charge >= 0.3 is 0 Å². The maximum absolute atomic E-state index is 5.92. The van der Waals surface area contributed by atoms with E-state index < -0.39 is 0 Å². The highest BCUT2D eigenvalue weighted by atomic mass is 32.2. The average molecular weight is 336 g/mol. The van der Waals surface area contributed by atoms with Crippen LogP contribution in [-0.4, -0.2) is 55.1 Å². The SMILES string of the molecule is CCOC(COc1ccccc1/C=C\C1CSC=[N+]1C)OCC. The van der Waals surface area contributed by atoms with Gasteiger partial charge in [0.2, 0.25) is 0 Å². The predicted molar refractivity (Wildman–Crippen MR) is 96.5 cm³/mol. The van der Waals surface area contributed by atoms with Gasteiger partial charge in [-0.25, -0.2) is 4.58 Å². The summed E-state index contributed by atoms with van der Waals surface area (Å²) in [5.74, 6) is 1.94. The first-order chi connectivity index (χ1) is 11.2. The second-order valence-electron chi connectivity index (χ2n) is 5.22. The Hall–Kier alpha value is -1.30. The highest BCUT2D eigenvalue weighted by Crippen LogP contribution is 2.21. The molecule has 1 aromatic rings. The Morgan fingerprint density at radius 3 is 2.65 bits per heavy atom. The van der Waals surface area contributed by atoms with E-state index in [4.69, 9.17) is 14.2 Å². The quantitative estimate of drug-likeness (QED) is 0.511. The second-order valence-corrected chi connectivity index (χ2v) is 6.10. The van der Waals surface area contributed by atoms with Gasteiger partial charge in [0.15, 0.2) is 17.9 Å². The van der Waals surface area contributed by atoms with Gasteiger partial charge in [-0.15, -0.1) is 0 Å². The zero-order chi connectivity index (χ0) is 16.5. The van der Waals surface area contributed by atoms with Crippen molar-refractivity contribution >= 4 is 23.4 Å². The molecule has 1 aliphatic rings. The van der Waals surface area contributed by atoms with E-state index >= 15 is 0 Å².